The first-order chi connectivity index (χ1) is 5.09. The molecule has 0 aromatic carbocycles. The molecule has 5 heteroatoms. The third kappa shape index (κ3) is 1.47. The SMILES string of the molecule is CSCC1CNC(=O)C1(F)F. The van der Waals surface area contributed by atoms with Gasteiger partial charge < -0.3 is 5.32 Å². The number of thioether (sulfide) groups is 1. The van der Waals surface area contributed by atoms with E-state index in [1.54, 1.807) is 6.26 Å². The summed E-state index contributed by atoms with van der Waals surface area (Å²) < 4.78 is 25.5. The van der Waals surface area contributed by atoms with Crippen LogP contribution in [-0.2, 0) is 4.79 Å². The minimum Gasteiger partial charge on any atom is -0.350 e. The molecule has 2 nitrogen and oxygen atoms in total. The molecule has 0 bridgehead atoms. The number of halogens is 2. The van der Waals surface area contributed by atoms with Crippen molar-refractivity contribution < 1.29 is 13.6 Å². The topological polar surface area (TPSA) is 29.1 Å². The second-order valence-corrected chi connectivity index (χ2v) is 3.40. The van der Waals surface area contributed by atoms with Crippen LogP contribution in [0.5, 0.6) is 0 Å². The normalized spacial score (nSPS) is 28.6. The quantitative estimate of drug-likeness (QED) is 0.680. The fourth-order valence-corrected chi connectivity index (χ4v) is 1.74. The van der Waals surface area contributed by atoms with Gasteiger partial charge in [0, 0.05) is 12.3 Å². The average molecular weight is 181 g/mol. The molecule has 1 aliphatic rings. The van der Waals surface area contributed by atoms with Gasteiger partial charge in [0.15, 0.2) is 0 Å². The Morgan fingerprint density at radius 1 is 1.82 bits per heavy atom. The Kier molecular flexibility index (Phi) is 2.37. The van der Waals surface area contributed by atoms with E-state index in [0.29, 0.717) is 5.75 Å². The molecule has 0 spiro atoms. The van der Waals surface area contributed by atoms with Gasteiger partial charge in [0.2, 0.25) is 0 Å². The summed E-state index contributed by atoms with van der Waals surface area (Å²) in [5.41, 5.74) is 0. The zero-order chi connectivity index (χ0) is 8.48. The number of carbonyl (C=O) groups excluding carboxylic acids is 1. The Hall–Kier alpha value is -0.320. The Morgan fingerprint density at radius 2 is 2.45 bits per heavy atom. The Morgan fingerprint density at radius 3 is 2.82 bits per heavy atom. The van der Waals surface area contributed by atoms with E-state index in [2.05, 4.69) is 5.32 Å². The van der Waals surface area contributed by atoms with Gasteiger partial charge in [-0.05, 0) is 6.26 Å². The Labute approximate surface area is 67.7 Å². The molecule has 1 fully saturated rings. The molecule has 1 amide bonds. The number of amides is 1. The first-order valence-corrected chi connectivity index (χ1v) is 4.63. The van der Waals surface area contributed by atoms with E-state index in [0.717, 1.165) is 0 Å². The molecular formula is C6H9F2NOS. The fourth-order valence-electron chi connectivity index (χ4n) is 1.01. The smallest absolute Gasteiger partial charge is 0.329 e. The molecule has 1 unspecified atom stereocenters. The third-order valence-electron chi connectivity index (χ3n) is 1.69. The zero-order valence-corrected chi connectivity index (χ0v) is 6.88. The van der Waals surface area contributed by atoms with Gasteiger partial charge in [-0.3, -0.25) is 4.79 Å². The molecule has 11 heavy (non-hydrogen) atoms. The maximum absolute atomic E-state index is 12.8. The first-order valence-electron chi connectivity index (χ1n) is 3.24. The molecule has 0 radical (unpaired) electrons. The molecule has 1 rings (SSSR count). The van der Waals surface area contributed by atoms with E-state index in [1.165, 1.54) is 11.8 Å². The van der Waals surface area contributed by atoms with Crippen molar-refractivity contribution in [1.82, 2.24) is 5.32 Å². The predicted molar refractivity (Wildman–Crippen MR) is 39.8 cm³/mol. The second-order valence-electron chi connectivity index (χ2n) is 2.49. The van der Waals surface area contributed by atoms with Crippen molar-refractivity contribution in [2.45, 2.75) is 5.92 Å². The van der Waals surface area contributed by atoms with Gasteiger partial charge in [-0.15, -0.1) is 0 Å². The van der Waals surface area contributed by atoms with Crippen LogP contribution >= 0.6 is 11.8 Å². The minimum absolute atomic E-state index is 0.104. The number of alkyl halides is 2. The molecular weight excluding hydrogens is 172 g/mol. The van der Waals surface area contributed by atoms with E-state index in [4.69, 9.17) is 0 Å². The summed E-state index contributed by atoms with van der Waals surface area (Å²) in [7, 11) is 0. The van der Waals surface area contributed by atoms with Gasteiger partial charge in [0.25, 0.3) is 5.91 Å². The molecule has 0 saturated carbocycles. The molecule has 0 aromatic rings. The van der Waals surface area contributed by atoms with Gasteiger partial charge in [0.05, 0.1) is 5.92 Å². The highest BCUT2D eigenvalue weighted by molar-refractivity contribution is 7.98. The number of rotatable bonds is 2. The maximum atomic E-state index is 12.8. The van der Waals surface area contributed by atoms with Crippen molar-refractivity contribution in [3.05, 3.63) is 0 Å². The first kappa shape index (κ1) is 8.77. The Balaban J connectivity index is 2.62. The van der Waals surface area contributed by atoms with Gasteiger partial charge >= 0.3 is 5.92 Å². The average Bonchev–Trinajstić information content (AvgIpc) is 2.16. The van der Waals surface area contributed by atoms with Crippen LogP contribution < -0.4 is 5.32 Å². The summed E-state index contributed by atoms with van der Waals surface area (Å²) in [6.07, 6.45) is 1.75. The van der Waals surface area contributed by atoms with E-state index in [9.17, 15) is 13.6 Å². The molecule has 0 aromatic heterocycles. The van der Waals surface area contributed by atoms with Crippen LogP contribution in [0.15, 0.2) is 0 Å². The van der Waals surface area contributed by atoms with Gasteiger partial charge in [-0.2, -0.15) is 20.5 Å². The minimum atomic E-state index is -3.15. The zero-order valence-electron chi connectivity index (χ0n) is 6.06. The lowest BCUT2D eigenvalue weighted by Gasteiger charge is -2.13. The second kappa shape index (κ2) is 2.97. The third-order valence-corrected chi connectivity index (χ3v) is 2.43. The van der Waals surface area contributed by atoms with Crippen LogP contribution in [0.4, 0.5) is 8.78 Å². The summed E-state index contributed by atoms with van der Waals surface area (Å²) in [5.74, 6) is -4.78. The number of nitrogens with one attached hydrogen (secondary N) is 1. The maximum Gasteiger partial charge on any atom is 0.329 e. The van der Waals surface area contributed by atoms with Crippen molar-refractivity contribution >= 4 is 17.7 Å². The summed E-state index contributed by atoms with van der Waals surface area (Å²) in [6, 6.07) is 0. The lowest BCUT2D eigenvalue weighted by atomic mass is 10.1. The van der Waals surface area contributed by atoms with Crippen LogP contribution in [0.1, 0.15) is 0 Å². The lowest BCUT2D eigenvalue weighted by Crippen LogP contribution is -2.33. The van der Waals surface area contributed by atoms with Crippen molar-refractivity contribution in [2.75, 3.05) is 18.6 Å². The molecule has 64 valence electrons. The molecule has 0 aliphatic carbocycles. The van der Waals surface area contributed by atoms with Crippen molar-refractivity contribution in [3.8, 4) is 0 Å². The number of hydrogen-bond acceptors (Lipinski definition) is 2. The Bertz CT molecular complexity index is 174. The largest absolute Gasteiger partial charge is 0.350 e. The van der Waals surface area contributed by atoms with Gasteiger partial charge in [-0.1, -0.05) is 0 Å². The summed E-state index contributed by atoms with van der Waals surface area (Å²) >= 11 is 1.33. The van der Waals surface area contributed by atoms with Crippen LogP contribution in [0.25, 0.3) is 0 Å². The summed E-state index contributed by atoms with van der Waals surface area (Å²) in [4.78, 5) is 10.5. The molecule has 1 N–H and O–H groups in total. The van der Waals surface area contributed by atoms with E-state index in [-0.39, 0.29) is 6.54 Å². The van der Waals surface area contributed by atoms with E-state index < -0.39 is 17.7 Å². The standard InChI is InChI=1S/C6H9F2NOS/c1-11-3-4-2-9-5(10)6(4,7)8/h4H,2-3H2,1H3,(H,9,10). The summed E-state index contributed by atoms with van der Waals surface area (Å²) in [5, 5.41) is 2.14. The molecule has 1 heterocycles. The molecule has 1 aliphatic heterocycles. The lowest BCUT2D eigenvalue weighted by molar-refractivity contribution is -0.143. The molecule has 1 atom stereocenters. The highest BCUT2D eigenvalue weighted by atomic mass is 32.2. The highest BCUT2D eigenvalue weighted by Gasteiger charge is 2.51. The van der Waals surface area contributed by atoms with Crippen molar-refractivity contribution in [2.24, 2.45) is 5.92 Å². The van der Waals surface area contributed by atoms with Crippen LogP contribution in [0.3, 0.4) is 0 Å². The van der Waals surface area contributed by atoms with Crippen molar-refractivity contribution in [3.63, 3.8) is 0 Å². The number of hydrogen-bond donors (Lipinski definition) is 1. The van der Waals surface area contributed by atoms with E-state index >= 15 is 0 Å². The number of carbonyl (C=O) groups is 1. The monoisotopic (exact) mass is 181 g/mol. The van der Waals surface area contributed by atoms with Crippen LogP contribution in [-0.4, -0.2) is 30.4 Å². The van der Waals surface area contributed by atoms with Crippen LogP contribution in [0.2, 0.25) is 0 Å². The fraction of sp³-hybridized carbons (Fsp3) is 0.833. The van der Waals surface area contributed by atoms with Crippen LogP contribution in [0, 0.1) is 5.92 Å². The highest BCUT2D eigenvalue weighted by Crippen LogP contribution is 2.30. The predicted octanol–water partition coefficient (Wildman–Crippen LogP) is 0.731. The van der Waals surface area contributed by atoms with Crippen molar-refractivity contribution in [1.29, 1.82) is 0 Å². The summed E-state index contributed by atoms with van der Waals surface area (Å²) in [6.45, 7) is 0.104. The van der Waals surface area contributed by atoms with Gasteiger partial charge in [0.1, 0.15) is 0 Å². The van der Waals surface area contributed by atoms with Gasteiger partial charge in [-0.25, -0.2) is 0 Å². The van der Waals surface area contributed by atoms with E-state index in [1.807, 2.05) is 0 Å². The molecule has 1 saturated heterocycles.